The molecule has 3 heterocycles. The third kappa shape index (κ3) is 5.98. The normalized spacial score (nSPS) is 17.0. The van der Waals surface area contributed by atoms with Crippen LogP contribution in [0, 0.1) is 0 Å². The van der Waals surface area contributed by atoms with Crippen LogP contribution in [0.2, 0.25) is 0 Å². The van der Waals surface area contributed by atoms with Gasteiger partial charge in [0.1, 0.15) is 0 Å². The Hall–Kier alpha value is -8.41. The van der Waals surface area contributed by atoms with E-state index < -0.39 is 195 Å². The van der Waals surface area contributed by atoms with E-state index in [2.05, 4.69) is 0 Å². The SMILES string of the molecule is [2H]c1c([2H])c([2H])c(-c2c([2H])c([2H])c3c4c([2H])c([2H])c(-c5c([2H])c([2H])c([2H])c([2H])c5[2H])c([2H])c4n(-c4ccccc4-c4nc(-c5ccc(-c6ccccc6)cc5)nc(-n5c6c([2H])c([2H])c([2H])c([2H])c6c6c([2H])c([2H])c([2H])c([2H])c65)n4)c3c2[2H])c([2H])c1[2H]. The van der Waals surface area contributed by atoms with Gasteiger partial charge >= 0.3 is 0 Å². The summed E-state index contributed by atoms with van der Waals surface area (Å²) in [7, 11) is 0. The quantitative estimate of drug-likeness (QED) is 0.161. The fourth-order valence-corrected chi connectivity index (χ4v) is 7.48. The van der Waals surface area contributed by atoms with Crippen LogP contribution in [-0.4, -0.2) is 24.1 Å². The molecule has 5 heteroatoms. The van der Waals surface area contributed by atoms with E-state index in [0.29, 0.717) is 5.56 Å². The molecular formula is C57H37N5. The van der Waals surface area contributed by atoms with Gasteiger partial charge in [0.15, 0.2) is 11.6 Å². The molecule has 12 aromatic rings. The molecule has 0 aliphatic carbocycles. The summed E-state index contributed by atoms with van der Waals surface area (Å²) in [5.41, 5.74) is -2.50. The van der Waals surface area contributed by atoms with Crippen molar-refractivity contribution in [3.8, 4) is 67.8 Å². The molecule has 0 atom stereocenters. The number of benzene rings is 9. The number of fused-ring (bicyclic) bond motifs is 6. The Labute approximate surface area is 392 Å². The first-order valence-corrected chi connectivity index (χ1v) is 19.0. The number of para-hydroxylation sites is 3. The summed E-state index contributed by atoms with van der Waals surface area (Å²) in [6.45, 7) is 0. The van der Waals surface area contributed by atoms with Crippen LogP contribution >= 0.6 is 0 Å². The molecular weight excluding hydrogens is 755 g/mol. The Morgan fingerprint density at radius 3 is 1.42 bits per heavy atom. The van der Waals surface area contributed by atoms with E-state index in [1.807, 2.05) is 30.3 Å². The van der Waals surface area contributed by atoms with Crippen LogP contribution in [0.15, 0.2) is 224 Å². The molecule has 0 aliphatic heterocycles. The standard InChI is InChI=1S/C57H37N5/c1-4-16-38(17-5-1)41-28-30-42(31-29-41)55-58-56(60-57(59-55)62-50-25-13-10-22-45(50)46-23-11-14-26-51(46)62)49-24-12-15-27-52(49)61-53-36-43(39-18-6-2-7-19-39)32-34-47(53)48-35-33-44(37-54(48)61)40-20-8-3-9-21-40/h1-37H/i2D,3D,6D,7D,8D,9D,10D,11D,13D,14D,18D,19D,20D,21D,22D,23D,25D,26D,32D,33D,34D,35D,36D,37D. The minimum atomic E-state index is -0.854. The maximum atomic E-state index is 10.1. The van der Waals surface area contributed by atoms with E-state index in [-0.39, 0.29) is 44.7 Å². The van der Waals surface area contributed by atoms with Gasteiger partial charge in [0.25, 0.3) is 0 Å². The third-order valence-corrected chi connectivity index (χ3v) is 10.3. The lowest BCUT2D eigenvalue weighted by molar-refractivity contribution is 0.951. The molecule has 0 saturated heterocycles. The first-order chi connectivity index (χ1) is 40.7. The lowest BCUT2D eigenvalue weighted by atomic mass is 10.0. The minimum absolute atomic E-state index is 0.0721. The predicted octanol–water partition coefficient (Wildman–Crippen LogP) is 14.4. The van der Waals surface area contributed by atoms with Crippen LogP contribution in [0.3, 0.4) is 0 Å². The average molecular weight is 816 g/mol. The molecule has 290 valence electrons. The summed E-state index contributed by atoms with van der Waals surface area (Å²) in [5, 5.41) is -1.44. The minimum Gasteiger partial charge on any atom is -0.308 e. The highest BCUT2D eigenvalue weighted by Crippen LogP contribution is 2.40. The summed E-state index contributed by atoms with van der Waals surface area (Å²) in [5.74, 6) is -0.911. The van der Waals surface area contributed by atoms with Crippen molar-refractivity contribution < 1.29 is 32.9 Å². The molecule has 0 amide bonds. The molecule has 0 bridgehead atoms. The first-order valence-electron chi connectivity index (χ1n) is 31.0. The average Bonchev–Trinajstić information content (AvgIpc) is 1.54. The number of aromatic nitrogens is 5. The van der Waals surface area contributed by atoms with Gasteiger partial charge in [-0.3, -0.25) is 4.57 Å². The van der Waals surface area contributed by atoms with Crippen molar-refractivity contribution in [2.24, 2.45) is 0 Å². The zero-order valence-electron chi connectivity index (χ0n) is 55.7. The lowest BCUT2D eigenvalue weighted by Crippen LogP contribution is -2.07. The Balaban J connectivity index is 1.27. The van der Waals surface area contributed by atoms with Gasteiger partial charge < -0.3 is 4.57 Å². The van der Waals surface area contributed by atoms with Crippen LogP contribution in [-0.2, 0) is 0 Å². The van der Waals surface area contributed by atoms with E-state index >= 15 is 0 Å². The second kappa shape index (κ2) is 14.7. The molecule has 0 aliphatic rings. The molecule has 3 aromatic heterocycles. The van der Waals surface area contributed by atoms with Gasteiger partial charge in [-0.05, 0) is 69.7 Å². The first kappa shape index (κ1) is 18.9. The largest absolute Gasteiger partial charge is 0.308 e. The van der Waals surface area contributed by atoms with Gasteiger partial charge in [0.2, 0.25) is 5.95 Å². The maximum Gasteiger partial charge on any atom is 0.238 e. The van der Waals surface area contributed by atoms with Crippen molar-refractivity contribution in [1.29, 1.82) is 0 Å². The van der Waals surface area contributed by atoms with Crippen LogP contribution in [0.25, 0.3) is 111 Å². The fourth-order valence-electron chi connectivity index (χ4n) is 7.48. The topological polar surface area (TPSA) is 48.5 Å². The molecule has 0 radical (unpaired) electrons. The number of rotatable bonds is 7. The third-order valence-electron chi connectivity index (χ3n) is 10.3. The van der Waals surface area contributed by atoms with Crippen molar-refractivity contribution in [1.82, 2.24) is 24.1 Å². The van der Waals surface area contributed by atoms with Crippen molar-refractivity contribution in [3.05, 3.63) is 224 Å². The maximum absolute atomic E-state index is 10.1. The molecule has 0 N–H and O–H groups in total. The van der Waals surface area contributed by atoms with Crippen LogP contribution in [0.5, 0.6) is 0 Å². The molecule has 9 aromatic carbocycles. The highest BCUT2D eigenvalue weighted by atomic mass is 15.2. The summed E-state index contributed by atoms with van der Waals surface area (Å²) in [6.07, 6.45) is 0. The molecule has 5 nitrogen and oxygen atoms in total. The van der Waals surface area contributed by atoms with Crippen LogP contribution < -0.4 is 0 Å². The second-order valence-electron chi connectivity index (χ2n) is 13.8. The summed E-state index contributed by atoms with van der Waals surface area (Å²) in [4.78, 5) is 14.8. The van der Waals surface area contributed by atoms with Gasteiger partial charge in [-0.2, -0.15) is 9.97 Å². The van der Waals surface area contributed by atoms with Gasteiger partial charge in [0, 0.05) is 32.7 Å². The van der Waals surface area contributed by atoms with E-state index in [9.17, 15) is 11.0 Å². The van der Waals surface area contributed by atoms with Crippen molar-refractivity contribution >= 4 is 43.6 Å². The van der Waals surface area contributed by atoms with Gasteiger partial charge in [-0.15, -0.1) is 0 Å². The predicted molar refractivity (Wildman–Crippen MR) is 256 cm³/mol. The molecule has 12 rings (SSSR count). The zero-order valence-corrected chi connectivity index (χ0v) is 31.7. The molecule has 0 spiro atoms. The lowest BCUT2D eigenvalue weighted by Gasteiger charge is -2.16. The summed E-state index contributed by atoms with van der Waals surface area (Å²) < 4.78 is 219. The molecule has 0 fully saturated rings. The molecule has 62 heavy (non-hydrogen) atoms. The smallest absolute Gasteiger partial charge is 0.238 e. The zero-order chi connectivity index (χ0) is 61.9. The van der Waals surface area contributed by atoms with E-state index in [0.717, 1.165) is 20.3 Å². The van der Waals surface area contributed by atoms with Gasteiger partial charge in [-0.25, -0.2) is 4.98 Å². The van der Waals surface area contributed by atoms with Crippen molar-refractivity contribution in [3.63, 3.8) is 0 Å². The van der Waals surface area contributed by atoms with E-state index in [1.54, 1.807) is 24.3 Å². The van der Waals surface area contributed by atoms with Gasteiger partial charge in [0.05, 0.1) is 60.7 Å². The highest BCUT2D eigenvalue weighted by Gasteiger charge is 2.22. The fraction of sp³-hybridized carbons (Fsp3) is 0. The van der Waals surface area contributed by atoms with Gasteiger partial charge in [-0.1, -0.05) is 188 Å². The Morgan fingerprint density at radius 1 is 0.323 bits per heavy atom. The molecule has 0 saturated carbocycles. The van der Waals surface area contributed by atoms with E-state index in [1.165, 1.54) is 24.3 Å². The number of hydrogen-bond donors (Lipinski definition) is 0. The summed E-state index contributed by atoms with van der Waals surface area (Å²) in [6, 6.07) is 3.36. The Bertz CT molecular complexity index is 4760. The Morgan fingerprint density at radius 2 is 0.806 bits per heavy atom. The number of hydrogen-bond acceptors (Lipinski definition) is 3. The monoisotopic (exact) mass is 815 g/mol. The van der Waals surface area contributed by atoms with Crippen LogP contribution in [0.1, 0.15) is 32.9 Å². The van der Waals surface area contributed by atoms with E-state index in [4.69, 9.17) is 36.9 Å². The number of nitrogens with zero attached hydrogens (tertiary/aromatic N) is 5. The van der Waals surface area contributed by atoms with Crippen molar-refractivity contribution in [2.75, 3.05) is 0 Å². The van der Waals surface area contributed by atoms with Crippen LogP contribution in [0.4, 0.5) is 0 Å². The molecule has 0 unspecified atom stereocenters. The van der Waals surface area contributed by atoms with Crippen molar-refractivity contribution in [2.45, 2.75) is 0 Å². The second-order valence-corrected chi connectivity index (χ2v) is 13.8. The Kier molecular flexibility index (Phi) is 4.48. The highest BCUT2D eigenvalue weighted by molar-refractivity contribution is 6.12. The summed E-state index contributed by atoms with van der Waals surface area (Å²) >= 11 is 0.